The van der Waals surface area contributed by atoms with Crippen LogP contribution in [0.15, 0.2) is 82.5 Å². The summed E-state index contributed by atoms with van der Waals surface area (Å²) in [7, 11) is 0. The van der Waals surface area contributed by atoms with E-state index in [9.17, 15) is 19.3 Å². The smallest absolute Gasteiger partial charge is 0.283 e. The molecule has 0 saturated heterocycles. The molecule has 1 amide bonds. The minimum Gasteiger partial charge on any atom is -0.317 e. The molecule has 0 saturated carbocycles. The first kappa shape index (κ1) is 20.5. The van der Waals surface area contributed by atoms with Gasteiger partial charge in [0.25, 0.3) is 11.6 Å². The second-order valence-electron chi connectivity index (χ2n) is 6.99. The Morgan fingerprint density at radius 2 is 1.94 bits per heavy atom. The molecule has 9 nitrogen and oxygen atoms in total. The van der Waals surface area contributed by atoms with E-state index in [1.165, 1.54) is 29.3 Å². The lowest BCUT2D eigenvalue weighted by molar-refractivity contribution is -0.384. The predicted molar refractivity (Wildman–Crippen MR) is 123 cm³/mol. The van der Waals surface area contributed by atoms with Gasteiger partial charge in [0.15, 0.2) is 5.84 Å². The number of halogens is 1. The molecule has 0 bridgehead atoms. The van der Waals surface area contributed by atoms with Crippen LogP contribution in [-0.2, 0) is 4.79 Å². The van der Waals surface area contributed by atoms with E-state index in [0.29, 0.717) is 16.4 Å². The van der Waals surface area contributed by atoms with Gasteiger partial charge in [0.2, 0.25) is 5.17 Å². The van der Waals surface area contributed by atoms with Gasteiger partial charge in [-0.2, -0.15) is 15.1 Å². The third-order valence-electron chi connectivity index (χ3n) is 4.95. The fourth-order valence-corrected chi connectivity index (χ4v) is 4.30. The van der Waals surface area contributed by atoms with Crippen molar-refractivity contribution in [2.75, 3.05) is 0 Å². The molecule has 11 heteroatoms. The zero-order valence-corrected chi connectivity index (χ0v) is 17.5. The molecule has 0 atom stereocenters. The molecule has 1 aromatic heterocycles. The van der Waals surface area contributed by atoms with Gasteiger partial charge in [-0.05, 0) is 48.2 Å². The maximum Gasteiger partial charge on any atom is 0.283 e. The number of carbonyl (C=O) groups is 1. The van der Waals surface area contributed by atoms with Crippen molar-refractivity contribution in [3.63, 3.8) is 0 Å². The van der Waals surface area contributed by atoms with Crippen LogP contribution in [0.25, 0.3) is 11.8 Å². The van der Waals surface area contributed by atoms with Crippen LogP contribution in [0.4, 0.5) is 10.1 Å². The minimum atomic E-state index is -0.629. The van der Waals surface area contributed by atoms with Crippen molar-refractivity contribution in [1.82, 2.24) is 9.58 Å². The number of aliphatic imine (C=N–C) groups is 1. The van der Waals surface area contributed by atoms with Gasteiger partial charge in [0.05, 0.1) is 16.2 Å². The Kier molecular flexibility index (Phi) is 4.94. The maximum absolute atomic E-state index is 14.2. The molecule has 0 spiro atoms. The number of aromatic nitrogens is 1. The van der Waals surface area contributed by atoms with Crippen LogP contribution >= 0.6 is 11.8 Å². The minimum absolute atomic E-state index is 0.0109. The highest BCUT2D eigenvalue weighted by Gasteiger charge is 2.36. The molecule has 0 unspecified atom stereocenters. The van der Waals surface area contributed by atoms with Crippen LogP contribution in [0.5, 0.6) is 0 Å². The largest absolute Gasteiger partial charge is 0.317 e. The normalized spacial score (nSPS) is 16.6. The van der Waals surface area contributed by atoms with Crippen LogP contribution in [0.1, 0.15) is 11.3 Å². The zero-order valence-electron chi connectivity index (χ0n) is 16.7. The van der Waals surface area contributed by atoms with Crippen molar-refractivity contribution in [3.8, 4) is 5.69 Å². The summed E-state index contributed by atoms with van der Waals surface area (Å²) in [6.07, 6.45) is 3.17. The van der Waals surface area contributed by atoms with Crippen molar-refractivity contribution in [3.05, 3.63) is 99.6 Å². The molecule has 2 aromatic carbocycles. The van der Waals surface area contributed by atoms with Gasteiger partial charge in [-0.15, -0.1) is 0 Å². The van der Waals surface area contributed by atoms with E-state index in [4.69, 9.17) is 5.41 Å². The molecule has 0 aliphatic carbocycles. The Labute approximate surface area is 190 Å². The molecule has 2 aliphatic heterocycles. The van der Waals surface area contributed by atoms with Gasteiger partial charge in [-0.1, -0.05) is 18.2 Å². The van der Waals surface area contributed by atoms with Gasteiger partial charge in [0.1, 0.15) is 10.9 Å². The van der Waals surface area contributed by atoms with Gasteiger partial charge >= 0.3 is 0 Å². The second kappa shape index (κ2) is 7.95. The number of rotatable bonds is 4. The average Bonchev–Trinajstić information content (AvgIpc) is 3.44. The number of hydrogen-bond donors (Lipinski definition) is 1. The van der Waals surface area contributed by atoms with E-state index >= 15 is 0 Å². The number of non-ortho nitro benzene ring substituents is 1. The first-order valence-corrected chi connectivity index (χ1v) is 10.4. The van der Waals surface area contributed by atoms with Crippen molar-refractivity contribution in [2.45, 2.75) is 0 Å². The molecule has 3 aromatic rings. The Morgan fingerprint density at radius 3 is 2.73 bits per heavy atom. The highest BCUT2D eigenvalue weighted by atomic mass is 32.2. The van der Waals surface area contributed by atoms with Gasteiger partial charge < -0.3 is 4.57 Å². The standard InChI is InChI=1S/C22H13FN6O3S/c23-18-9-2-1-8-16(18)21-26-28-19(24)17(20(30)25-22(28)33-21)12-14-7-4-10-27(14)13-5-3-6-15(11-13)29(31)32/h1-12,24H/b17-12-,24-19?. The van der Waals surface area contributed by atoms with Gasteiger partial charge in [0, 0.05) is 29.6 Å². The van der Waals surface area contributed by atoms with Crippen LogP contribution in [-0.4, -0.2) is 36.5 Å². The van der Waals surface area contributed by atoms with Crippen LogP contribution in [0, 0.1) is 21.3 Å². The van der Waals surface area contributed by atoms with Crippen molar-refractivity contribution in [1.29, 1.82) is 5.41 Å². The number of hydrogen-bond acceptors (Lipinski definition) is 6. The summed E-state index contributed by atoms with van der Waals surface area (Å²) in [4.78, 5) is 27.4. The van der Waals surface area contributed by atoms with Crippen molar-refractivity contribution in [2.24, 2.45) is 10.1 Å². The molecule has 5 rings (SSSR count). The third kappa shape index (κ3) is 3.64. The number of nitrogens with one attached hydrogen (secondary N) is 1. The van der Waals surface area contributed by atoms with Crippen molar-refractivity contribution < 1.29 is 14.1 Å². The van der Waals surface area contributed by atoms with Gasteiger partial charge in [-0.25, -0.2) is 4.39 Å². The lowest BCUT2D eigenvalue weighted by Gasteiger charge is -2.20. The van der Waals surface area contributed by atoms with E-state index in [1.807, 2.05) is 0 Å². The first-order chi connectivity index (χ1) is 15.9. The fraction of sp³-hybridized carbons (Fsp3) is 0. The second-order valence-corrected chi connectivity index (χ2v) is 7.94. The monoisotopic (exact) mass is 460 g/mol. The molecule has 1 N–H and O–H groups in total. The zero-order chi connectivity index (χ0) is 23.1. The van der Waals surface area contributed by atoms with Crippen molar-refractivity contribution >= 4 is 45.5 Å². The molecule has 162 valence electrons. The Morgan fingerprint density at radius 1 is 1.12 bits per heavy atom. The highest BCUT2D eigenvalue weighted by molar-refractivity contribution is 8.27. The van der Waals surface area contributed by atoms with Crippen LogP contribution in [0.2, 0.25) is 0 Å². The summed E-state index contributed by atoms with van der Waals surface area (Å²) in [5.74, 6) is -1.29. The van der Waals surface area contributed by atoms with E-state index < -0.39 is 16.6 Å². The number of nitrogens with zero attached hydrogens (tertiary/aromatic N) is 5. The summed E-state index contributed by atoms with van der Waals surface area (Å²) in [5.41, 5.74) is 1.22. The Balaban J connectivity index is 1.51. The number of fused-ring (bicyclic) bond motifs is 1. The van der Waals surface area contributed by atoms with E-state index in [0.717, 1.165) is 11.8 Å². The molecular formula is C22H13FN6O3S. The molecule has 2 aliphatic rings. The van der Waals surface area contributed by atoms with E-state index in [1.54, 1.807) is 53.2 Å². The number of carbonyl (C=O) groups excluding carboxylic acids is 1. The van der Waals surface area contributed by atoms with Crippen LogP contribution in [0.3, 0.4) is 0 Å². The lowest BCUT2D eigenvalue weighted by atomic mass is 10.1. The molecule has 33 heavy (non-hydrogen) atoms. The summed E-state index contributed by atoms with van der Waals surface area (Å²) in [6, 6.07) is 15.6. The third-order valence-corrected chi connectivity index (χ3v) is 5.89. The number of nitro benzene ring substituents is 1. The quantitative estimate of drug-likeness (QED) is 0.356. The Hall–Kier alpha value is -4.38. The molecule has 0 fully saturated rings. The summed E-state index contributed by atoms with van der Waals surface area (Å²) in [5, 5.41) is 25.6. The molecule has 0 radical (unpaired) electrons. The van der Waals surface area contributed by atoms with Crippen LogP contribution < -0.4 is 0 Å². The molecular weight excluding hydrogens is 447 g/mol. The SMILES string of the molecule is N=C1/C(=C/c2cccn2-c2cccc([N+](=O)[O-])c2)C(=O)N=C2SC(c3ccccc3F)=NN12. The summed E-state index contributed by atoms with van der Waals surface area (Å²) < 4.78 is 15.8. The Bertz CT molecular complexity index is 1440. The number of benzene rings is 2. The van der Waals surface area contributed by atoms with E-state index in [2.05, 4.69) is 10.1 Å². The number of hydrazone groups is 1. The number of amidine groups is 2. The lowest BCUT2D eigenvalue weighted by Crippen LogP contribution is -2.35. The number of nitro groups is 1. The average molecular weight is 460 g/mol. The van der Waals surface area contributed by atoms with Gasteiger partial charge in [-0.3, -0.25) is 20.3 Å². The molecule has 3 heterocycles. The first-order valence-electron chi connectivity index (χ1n) is 9.59. The fourth-order valence-electron chi connectivity index (χ4n) is 3.39. The maximum atomic E-state index is 14.2. The predicted octanol–water partition coefficient (Wildman–Crippen LogP) is 4.19. The number of thioether (sulfide) groups is 1. The number of amides is 1. The summed E-state index contributed by atoms with van der Waals surface area (Å²) in [6.45, 7) is 0. The highest BCUT2D eigenvalue weighted by Crippen LogP contribution is 2.32. The summed E-state index contributed by atoms with van der Waals surface area (Å²) >= 11 is 1.01. The topological polar surface area (TPSA) is 117 Å². The van der Waals surface area contributed by atoms with E-state index in [-0.39, 0.29) is 27.8 Å².